The molecule has 0 aromatic heterocycles. The van der Waals surface area contributed by atoms with Crippen LogP contribution in [0, 0.1) is 0 Å². The largest absolute Gasteiger partial charge is 0.380 e. The molecule has 2 atom stereocenters. The second-order valence-electron chi connectivity index (χ2n) is 4.46. The first-order valence-corrected chi connectivity index (χ1v) is 5.94. The normalized spacial score (nSPS) is 34.9. The van der Waals surface area contributed by atoms with Gasteiger partial charge in [0.05, 0.1) is 6.61 Å². The molecule has 0 saturated carbocycles. The second-order valence-corrected chi connectivity index (χ2v) is 4.46. The predicted molar refractivity (Wildman–Crippen MR) is 57.5 cm³/mol. The fraction of sp³-hybridized carbons (Fsp3) is 1.00. The number of hydrogen-bond donors (Lipinski definition) is 1. The van der Waals surface area contributed by atoms with Crippen LogP contribution in [-0.2, 0) is 4.74 Å². The van der Waals surface area contributed by atoms with Gasteiger partial charge < -0.3 is 15.0 Å². The van der Waals surface area contributed by atoms with Gasteiger partial charge in [-0.2, -0.15) is 0 Å². The van der Waals surface area contributed by atoms with E-state index in [1.54, 1.807) is 0 Å². The van der Waals surface area contributed by atoms with Gasteiger partial charge in [-0.15, -0.1) is 0 Å². The minimum Gasteiger partial charge on any atom is -0.380 e. The topological polar surface area (TPSA) is 24.5 Å². The summed E-state index contributed by atoms with van der Waals surface area (Å²) < 4.78 is 5.38. The molecular weight excluding hydrogens is 176 g/mol. The first-order valence-electron chi connectivity index (χ1n) is 5.94. The summed E-state index contributed by atoms with van der Waals surface area (Å²) in [6.45, 7) is 7.83. The highest BCUT2D eigenvalue weighted by Crippen LogP contribution is 2.12. The highest BCUT2D eigenvalue weighted by Gasteiger charge is 2.23. The van der Waals surface area contributed by atoms with E-state index < -0.39 is 0 Å². The molecule has 2 aliphatic rings. The zero-order valence-corrected chi connectivity index (χ0v) is 9.17. The lowest BCUT2D eigenvalue weighted by Gasteiger charge is -2.33. The first kappa shape index (κ1) is 10.4. The third-order valence-corrected chi connectivity index (χ3v) is 3.35. The Hall–Kier alpha value is -0.120. The maximum absolute atomic E-state index is 5.38. The third kappa shape index (κ3) is 2.69. The minimum absolute atomic E-state index is 0.622. The van der Waals surface area contributed by atoms with E-state index in [9.17, 15) is 0 Å². The Balaban J connectivity index is 1.73. The molecule has 2 heterocycles. The Kier molecular flexibility index (Phi) is 3.79. The summed E-state index contributed by atoms with van der Waals surface area (Å²) in [5.41, 5.74) is 0. The van der Waals surface area contributed by atoms with Gasteiger partial charge in [-0.05, 0) is 32.4 Å². The van der Waals surface area contributed by atoms with Crippen molar-refractivity contribution in [3.05, 3.63) is 0 Å². The summed E-state index contributed by atoms with van der Waals surface area (Å²) in [5.74, 6) is 0. The molecule has 0 amide bonds. The molecule has 3 heteroatoms. The highest BCUT2D eigenvalue weighted by molar-refractivity contribution is 4.82. The molecule has 0 radical (unpaired) electrons. The summed E-state index contributed by atoms with van der Waals surface area (Å²) in [6.07, 6.45) is 3.88. The lowest BCUT2D eigenvalue weighted by molar-refractivity contribution is 0.169. The van der Waals surface area contributed by atoms with E-state index in [1.807, 2.05) is 0 Å². The Bertz CT molecular complexity index is 169. The summed E-state index contributed by atoms with van der Waals surface area (Å²) >= 11 is 0. The van der Waals surface area contributed by atoms with Crippen molar-refractivity contribution in [1.29, 1.82) is 0 Å². The smallest absolute Gasteiger partial charge is 0.0620 e. The Labute approximate surface area is 86.8 Å². The minimum atomic E-state index is 0.622. The Morgan fingerprint density at radius 2 is 2.29 bits per heavy atom. The van der Waals surface area contributed by atoms with Crippen LogP contribution in [0.2, 0.25) is 0 Å². The van der Waals surface area contributed by atoms with Crippen molar-refractivity contribution in [1.82, 2.24) is 10.2 Å². The summed E-state index contributed by atoms with van der Waals surface area (Å²) in [5, 5.41) is 3.72. The van der Waals surface area contributed by atoms with Crippen molar-refractivity contribution < 1.29 is 4.74 Å². The summed E-state index contributed by atoms with van der Waals surface area (Å²) in [6, 6.07) is 1.33. The van der Waals surface area contributed by atoms with Crippen molar-refractivity contribution in [2.24, 2.45) is 0 Å². The summed E-state index contributed by atoms with van der Waals surface area (Å²) in [4.78, 5) is 2.54. The Morgan fingerprint density at radius 1 is 1.36 bits per heavy atom. The molecule has 1 N–H and O–H groups in total. The molecule has 3 nitrogen and oxygen atoms in total. The molecule has 2 saturated heterocycles. The lowest BCUT2D eigenvalue weighted by atomic mass is 10.0. The van der Waals surface area contributed by atoms with E-state index in [-0.39, 0.29) is 0 Å². The zero-order valence-electron chi connectivity index (χ0n) is 9.17. The van der Waals surface area contributed by atoms with Gasteiger partial charge in [-0.25, -0.2) is 0 Å². The zero-order chi connectivity index (χ0) is 9.80. The molecule has 0 spiro atoms. The van der Waals surface area contributed by atoms with Crippen LogP contribution >= 0.6 is 0 Å². The van der Waals surface area contributed by atoms with Crippen LogP contribution in [-0.4, -0.2) is 49.8 Å². The Morgan fingerprint density at radius 3 is 3.00 bits per heavy atom. The van der Waals surface area contributed by atoms with Crippen molar-refractivity contribution in [3.63, 3.8) is 0 Å². The van der Waals surface area contributed by atoms with Gasteiger partial charge in [0.15, 0.2) is 0 Å². The molecule has 0 bridgehead atoms. The number of hydrogen-bond acceptors (Lipinski definition) is 3. The average molecular weight is 198 g/mol. The molecule has 2 rings (SSSR count). The van der Waals surface area contributed by atoms with E-state index >= 15 is 0 Å². The first-order chi connectivity index (χ1) is 6.88. The number of likely N-dealkylation sites (tertiary alicyclic amines) is 1. The maximum Gasteiger partial charge on any atom is 0.0620 e. The van der Waals surface area contributed by atoms with Crippen LogP contribution in [0.5, 0.6) is 0 Å². The van der Waals surface area contributed by atoms with E-state index in [2.05, 4.69) is 17.1 Å². The fourth-order valence-electron chi connectivity index (χ4n) is 2.48. The van der Waals surface area contributed by atoms with Crippen LogP contribution in [0.25, 0.3) is 0 Å². The number of nitrogens with zero attached hydrogens (tertiary/aromatic N) is 1. The van der Waals surface area contributed by atoms with E-state index in [4.69, 9.17) is 4.74 Å². The van der Waals surface area contributed by atoms with Crippen molar-refractivity contribution in [2.45, 2.75) is 38.3 Å². The van der Waals surface area contributed by atoms with Crippen LogP contribution in [0.1, 0.15) is 26.2 Å². The molecule has 2 fully saturated rings. The SMILES string of the molecule is CCN1CCCC(NC2CCOC2)C1. The van der Waals surface area contributed by atoms with Gasteiger partial charge in [0, 0.05) is 25.2 Å². The molecule has 2 unspecified atom stereocenters. The monoisotopic (exact) mass is 198 g/mol. The highest BCUT2D eigenvalue weighted by atomic mass is 16.5. The molecule has 0 aromatic carbocycles. The molecule has 82 valence electrons. The van der Waals surface area contributed by atoms with Gasteiger partial charge in [-0.1, -0.05) is 6.92 Å². The number of rotatable bonds is 3. The second kappa shape index (κ2) is 5.10. The van der Waals surface area contributed by atoms with Crippen LogP contribution in [0.15, 0.2) is 0 Å². The summed E-state index contributed by atoms with van der Waals surface area (Å²) in [7, 11) is 0. The van der Waals surface area contributed by atoms with Crippen LogP contribution < -0.4 is 5.32 Å². The number of likely N-dealkylation sites (N-methyl/N-ethyl adjacent to an activating group) is 1. The van der Waals surface area contributed by atoms with Crippen molar-refractivity contribution in [2.75, 3.05) is 32.8 Å². The molecule has 0 aliphatic carbocycles. The molecule has 0 aromatic rings. The quantitative estimate of drug-likeness (QED) is 0.727. The third-order valence-electron chi connectivity index (χ3n) is 3.35. The molecular formula is C11H22N2O. The predicted octanol–water partition coefficient (Wildman–Crippen LogP) is 0.849. The van der Waals surface area contributed by atoms with Gasteiger partial charge in [0.2, 0.25) is 0 Å². The van der Waals surface area contributed by atoms with Gasteiger partial charge in [-0.3, -0.25) is 0 Å². The van der Waals surface area contributed by atoms with Crippen LogP contribution in [0.3, 0.4) is 0 Å². The average Bonchev–Trinajstić information content (AvgIpc) is 2.71. The van der Waals surface area contributed by atoms with E-state index in [1.165, 1.54) is 38.9 Å². The van der Waals surface area contributed by atoms with Gasteiger partial charge in [0.25, 0.3) is 0 Å². The number of nitrogens with one attached hydrogen (secondary N) is 1. The van der Waals surface area contributed by atoms with Crippen molar-refractivity contribution in [3.8, 4) is 0 Å². The standard InChI is InChI=1S/C11H22N2O/c1-2-13-6-3-4-10(8-13)12-11-5-7-14-9-11/h10-12H,2-9H2,1H3. The fourth-order valence-corrected chi connectivity index (χ4v) is 2.48. The van der Waals surface area contributed by atoms with E-state index in [0.717, 1.165) is 13.2 Å². The lowest BCUT2D eigenvalue weighted by Crippen LogP contribution is -2.49. The molecule has 2 aliphatic heterocycles. The van der Waals surface area contributed by atoms with E-state index in [0.29, 0.717) is 12.1 Å². The maximum atomic E-state index is 5.38. The number of piperidine rings is 1. The molecule has 14 heavy (non-hydrogen) atoms. The van der Waals surface area contributed by atoms with Gasteiger partial charge in [0.1, 0.15) is 0 Å². The van der Waals surface area contributed by atoms with Crippen molar-refractivity contribution >= 4 is 0 Å². The van der Waals surface area contributed by atoms with Crippen LogP contribution in [0.4, 0.5) is 0 Å². The van der Waals surface area contributed by atoms with Gasteiger partial charge >= 0.3 is 0 Å². The number of ether oxygens (including phenoxy) is 1.